The number of nitrogens with zero attached hydrogens (tertiary/aromatic N) is 2. The molecule has 0 spiro atoms. The molecule has 1 aromatic heterocycles. The Hall–Kier alpha value is -2.57. The lowest BCUT2D eigenvalue weighted by molar-refractivity contribution is -0.943. The van der Waals surface area contributed by atoms with Gasteiger partial charge in [-0.15, -0.1) is 11.3 Å². The van der Waals surface area contributed by atoms with Gasteiger partial charge in [-0.05, 0) is 37.1 Å². The molecule has 5 rings (SSSR count). The predicted octanol–water partition coefficient (Wildman–Crippen LogP) is 2.66. The molecule has 2 aromatic carbocycles. The molecule has 1 N–H and O–H groups in total. The third kappa shape index (κ3) is 2.76. The van der Waals surface area contributed by atoms with Crippen molar-refractivity contribution >= 4 is 33.4 Å². The number of amides is 2. The van der Waals surface area contributed by atoms with Gasteiger partial charge < -0.3 is 4.90 Å². The van der Waals surface area contributed by atoms with Crippen molar-refractivity contribution < 1.29 is 14.5 Å². The number of thiazole rings is 1. The second-order valence-corrected chi connectivity index (χ2v) is 8.28. The maximum absolute atomic E-state index is 12.7. The molecule has 136 valence electrons. The summed E-state index contributed by atoms with van der Waals surface area (Å²) >= 11 is 1.73. The van der Waals surface area contributed by atoms with Gasteiger partial charge in [0.15, 0.2) is 11.7 Å². The molecule has 5 nitrogen and oxygen atoms in total. The van der Waals surface area contributed by atoms with E-state index in [0.717, 1.165) is 36.3 Å². The van der Waals surface area contributed by atoms with Gasteiger partial charge in [0, 0.05) is 6.42 Å². The Balaban J connectivity index is 1.43. The molecule has 3 heterocycles. The first-order valence-corrected chi connectivity index (χ1v) is 10.2. The second-order valence-electron chi connectivity index (χ2n) is 7.22. The van der Waals surface area contributed by atoms with Gasteiger partial charge >= 0.3 is 0 Å². The Labute approximate surface area is 161 Å². The highest BCUT2D eigenvalue weighted by atomic mass is 32.1. The minimum atomic E-state index is -0.170. The van der Waals surface area contributed by atoms with E-state index in [9.17, 15) is 9.59 Å². The van der Waals surface area contributed by atoms with Crippen molar-refractivity contribution in [3.63, 3.8) is 0 Å². The summed E-state index contributed by atoms with van der Waals surface area (Å²) in [5.74, 6) is -0.339. The van der Waals surface area contributed by atoms with E-state index < -0.39 is 0 Å². The van der Waals surface area contributed by atoms with Gasteiger partial charge in [-0.2, -0.15) is 0 Å². The number of likely N-dealkylation sites (tertiary alicyclic amines) is 1. The van der Waals surface area contributed by atoms with Crippen molar-refractivity contribution in [1.82, 2.24) is 9.88 Å². The van der Waals surface area contributed by atoms with Crippen LogP contribution in [0.15, 0.2) is 48.5 Å². The molecule has 0 saturated carbocycles. The molecule has 1 saturated heterocycles. The van der Waals surface area contributed by atoms with E-state index >= 15 is 0 Å². The fourth-order valence-electron chi connectivity index (χ4n) is 4.19. The molecule has 2 atom stereocenters. The van der Waals surface area contributed by atoms with Crippen LogP contribution in [0.3, 0.4) is 0 Å². The Morgan fingerprint density at radius 3 is 2.44 bits per heavy atom. The second kappa shape index (κ2) is 6.55. The average Bonchev–Trinajstić information content (AvgIpc) is 3.24. The number of benzene rings is 2. The highest BCUT2D eigenvalue weighted by Gasteiger charge is 2.40. The molecule has 0 radical (unpaired) electrons. The normalized spacial score (nSPS) is 22.4. The molecule has 0 bridgehead atoms. The van der Waals surface area contributed by atoms with Crippen LogP contribution in [-0.2, 0) is 0 Å². The number of piperidine rings is 1. The van der Waals surface area contributed by atoms with E-state index in [1.807, 2.05) is 30.3 Å². The smallest absolute Gasteiger partial charge is 0.265 e. The van der Waals surface area contributed by atoms with Crippen molar-refractivity contribution in [1.29, 1.82) is 0 Å². The Bertz CT molecular complexity index is 977. The summed E-state index contributed by atoms with van der Waals surface area (Å²) in [6.07, 6.45) is 3.31. The number of rotatable bonds is 3. The van der Waals surface area contributed by atoms with Crippen LogP contribution < -0.4 is 4.90 Å². The van der Waals surface area contributed by atoms with Gasteiger partial charge in [-0.3, -0.25) is 9.59 Å². The van der Waals surface area contributed by atoms with Crippen LogP contribution in [0, 0.1) is 0 Å². The number of fused-ring (bicyclic) bond motifs is 2. The largest absolute Gasteiger partial charge is 0.309 e. The minimum absolute atomic E-state index is 0.170. The Morgan fingerprint density at radius 2 is 1.70 bits per heavy atom. The molecular weight excluding hydrogens is 358 g/mol. The number of quaternary nitrogens is 1. The van der Waals surface area contributed by atoms with Crippen molar-refractivity contribution in [2.45, 2.75) is 25.3 Å². The molecule has 2 aliphatic rings. The number of para-hydroxylation sites is 1. The number of imide groups is 1. The molecule has 1 fully saturated rings. The van der Waals surface area contributed by atoms with Gasteiger partial charge in [0.25, 0.3) is 11.8 Å². The summed E-state index contributed by atoms with van der Waals surface area (Å²) in [5.41, 5.74) is 2.08. The number of hydrogen-bond donors (Lipinski definition) is 1. The number of nitrogens with one attached hydrogen (secondary N) is 1. The lowest BCUT2D eigenvalue weighted by Gasteiger charge is -2.33. The number of hydrogen-bond acceptors (Lipinski definition) is 4. The van der Waals surface area contributed by atoms with Crippen molar-refractivity contribution in [3.05, 3.63) is 64.7 Å². The summed E-state index contributed by atoms with van der Waals surface area (Å²) in [5, 5.41) is 1.11. The average molecular weight is 378 g/mol. The van der Waals surface area contributed by atoms with E-state index in [1.165, 1.54) is 14.5 Å². The van der Waals surface area contributed by atoms with Crippen LogP contribution in [0.25, 0.3) is 10.2 Å². The summed E-state index contributed by atoms with van der Waals surface area (Å²) in [6.45, 7) is 1.36. The number of carbonyl (C=O) groups excluding carboxylic acids is 2. The summed E-state index contributed by atoms with van der Waals surface area (Å²) in [6, 6.07) is 15.5. The molecule has 6 heteroatoms. The van der Waals surface area contributed by atoms with Crippen LogP contribution in [0.5, 0.6) is 0 Å². The van der Waals surface area contributed by atoms with Gasteiger partial charge in [-0.1, -0.05) is 24.3 Å². The Kier molecular flexibility index (Phi) is 4.02. The maximum atomic E-state index is 12.7. The highest BCUT2D eigenvalue weighted by molar-refractivity contribution is 7.18. The minimum Gasteiger partial charge on any atom is -0.309 e. The zero-order valence-electron chi connectivity index (χ0n) is 14.9. The standard InChI is InChI=1S/C21H19N3O2S/c25-20-14-7-1-2-8-15(14)21(26)24(20)13-23-12-6-5-10-17(23)19-22-16-9-3-4-11-18(16)27-19/h1-4,7-9,11,17H,5-6,10,12-13H2/p+1/t17-/m0/s1. The van der Waals surface area contributed by atoms with Crippen LogP contribution in [-0.4, -0.2) is 34.9 Å². The van der Waals surface area contributed by atoms with Gasteiger partial charge in [-0.25, -0.2) is 9.88 Å². The fourth-order valence-corrected chi connectivity index (χ4v) is 5.35. The molecule has 2 aliphatic heterocycles. The molecular formula is C21H20N3O2S+. The zero-order chi connectivity index (χ0) is 18.4. The quantitative estimate of drug-likeness (QED) is 0.713. The van der Waals surface area contributed by atoms with Crippen LogP contribution in [0.1, 0.15) is 51.0 Å². The summed E-state index contributed by atoms with van der Waals surface area (Å²) in [4.78, 5) is 33.0. The number of carbonyl (C=O) groups is 2. The van der Waals surface area contributed by atoms with E-state index in [1.54, 1.807) is 23.5 Å². The topological polar surface area (TPSA) is 54.7 Å². The van der Waals surface area contributed by atoms with Gasteiger partial charge in [0.1, 0.15) is 6.04 Å². The van der Waals surface area contributed by atoms with E-state index in [-0.39, 0.29) is 17.9 Å². The first kappa shape index (κ1) is 16.6. The van der Waals surface area contributed by atoms with E-state index in [0.29, 0.717) is 17.8 Å². The van der Waals surface area contributed by atoms with Crippen LogP contribution in [0.4, 0.5) is 0 Å². The third-order valence-corrected chi connectivity index (χ3v) is 6.73. The Morgan fingerprint density at radius 1 is 1.00 bits per heavy atom. The summed E-state index contributed by atoms with van der Waals surface area (Å²) in [7, 11) is 0. The summed E-state index contributed by atoms with van der Waals surface area (Å²) < 4.78 is 1.19. The van der Waals surface area contributed by atoms with Gasteiger partial charge in [0.05, 0.1) is 27.9 Å². The van der Waals surface area contributed by atoms with Crippen LogP contribution in [0.2, 0.25) is 0 Å². The monoisotopic (exact) mass is 378 g/mol. The van der Waals surface area contributed by atoms with E-state index in [4.69, 9.17) is 4.98 Å². The van der Waals surface area contributed by atoms with E-state index in [2.05, 4.69) is 6.07 Å². The molecule has 0 aliphatic carbocycles. The zero-order valence-corrected chi connectivity index (χ0v) is 15.7. The molecule has 2 amide bonds. The lowest BCUT2D eigenvalue weighted by atomic mass is 10.0. The molecule has 27 heavy (non-hydrogen) atoms. The van der Waals surface area contributed by atoms with Gasteiger partial charge in [0.2, 0.25) is 0 Å². The maximum Gasteiger partial charge on any atom is 0.265 e. The first-order valence-electron chi connectivity index (χ1n) is 9.37. The third-order valence-electron chi connectivity index (χ3n) is 5.58. The van der Waals surface area contributed by atoms with Crippen molar-refractivity contribution in [3.8, 4) is 0 Å². The van der Waals surface area contributed by atoms with Crippen molar-refractivity contribution in [2.75, 3.05) is 13.2 Å². The fraction of sp³-hybridized carbons (Fsp3) is 0.286. The SMILES string of the molecule is O=C1c2ccccc2C(=O)N1C[NH+]1CCCC[C@H]1c1nc2ccccc2s1. The molecule has 3 aromatic rings. The number of aromatic nitrogens is 1. The van der Waals surface area contributed by atoms with Crippen molar-refractivity contribution in [2.24, 2.45) is 0 Å². The lowest BCUT2D eigenvalue weighted by Crippen LogP contribution is -3.14. The van der Waals surface area contributed by atoms with Crippen LogP contribution >= 0.6 is 11.3 Å². The first-order chi connectivity index (χ1) is 13.2. The molecule has 1 unspecified atom stereocenters. The predicted molar refractivity (Wildman–Crippen MR) is 104 cm³/mol. The highest BCUT2D eigenvalue weighted by Crippen LogP contribution is 2.29.